The number of aromatic nitrogens is 1. The van der Waals surface area contributed by atoms with Crippen LogP contribution in [0.4, 0.5) is 0 Å². The summed E-state index contributed by atoms with van der Waals surface area (Å²) in [7, 11) is 1.58. The Morgan fingerprint density at radius 2 is 2.46 bits per heavy atom. The van der Waals surface area contributed by atoms with Crippen LogP contribution in [-0.4, -0.2) is 18.0 Å². The van der Waals surface area contributed by atoms with Crippen molar-refractivity contribution in [1.82, 2.24) is 4.98 Å². The Morgan fingerprint density at radius 1 is 1.77 bits per heavy atom. The number of primary amides is 1. The summed E-state index contributed by atoms with van der Waals surface area (Å²) in [6, 6.07) is 3.20. The Bertz CT molecular complexity index is 317. The van der Waals surface area contributed by atoms with E-state index in [2.05, 4.69) is 27.6 Å². The molecule has 0 aliphatic rings. The number of pyridine rings is 1. The molecule has 1 unspecified atom stereocenters. The van der Waals surface area contributed by atoms with E-state index in [0.29, 0.717) is 11.3 Å². The van der Waals surface area contributed by atoms with E-state index in [1.807, 2.05) is 0 Å². The van der Waals surface area contributed by atoms with E-state index < -0.39 is 5.91 Å². The molecule has 0 spiro atoms. The summed E-state index contributed by atoms with van der Waals surface area (Å²) in [5, 5.41) is 0. The fourth-order valence-electron chi connectivity index (χ4n) is 0.846. The third kappa shape index (κ3) is 2.63. The van der Waals surface area contributed by atoms with Gasteiger partial charge >= 0.3 is 0 Å². The molecule has 0 aliphatic heterocycles. The van der Waals surface area contributed by atoms with Crippen LogP contribution < -0.4 is 5.73 Å². The number of hydrogen-bond donors (Lipinski definition) is 1. The summed E-state index contributed by atoms with van der Waals surface area (Å²) in [5.41, 5.74) is 6.26. The lowest BCUT2D eigenvalue weighted by atomic mass is 10.2. The maximum absolute atomic E-state index is 10.8. The lowest BCUT2D eigenvalue weighted by Gasteiger charge is -2.06. The van der Waals surface area contributed by atoms with Crippen molar-refractivity contribution in [2.24, 2.45) is 5.73 Å². The van der Waals surface area contributed by atoms with Gasteiger partial charge in [-0.05, 0) is 34.7 Å². The fourth-order valence-corrected chi connectivity index (χ4v) is 1.19. The van der Waals surface area contributed by atoms with E-state index >= 15 is 0 Å². The van der Waals surface area contributed by atoms with Crippen molar-refractivity contribution in [1.29, 1.82) is 0 Å². The molecule has 2 N–H and O–H groups in total. The molecule has 1 aromatic rings. The second kappa shape index (κ2) is 4.52. The van der Waals surface area contributed by atoms with Crippen LogP contribution in [0.3, 0.4) is 0 Å². The van der Waals surface area contributed by atoms with Crippen LogP contribution in [0, 0.1) is 0 Å². The number of hydrogen-bond acceptors (Lipinski definition) is 3. The minimum atomic E-state index is -0.455. The Labute approximate surface area is 89.6 Å². The van der Waals surface area contributed by atoms with Gasteiger partial charge in [0.05, 0.1) is 5.69 Å². The van der Waals surface area contributed by atoms with Crippen molar-refractivity contribution in [3.05, 3.63) is 29.6 Å². The van der Waals surface area contributed by atoms with Crippen LogP contribution in [0.1, 0.15) is 20.2 Å². The number of alkyl halides is 1. The Hall–Kier alpha value is -0.690. The summed E-state index contributed by atoms with van der Waals surface area (Å²) in [5.74, 6) is -0.455. The summed E-state index contributed by atoms with van der Waals surface area (Å²) in [6.45, 7) is 0. The van der Waals surface area contributed by atoms with Gasteiger partial charge in [0.2, 0.25) is 5.91 Å². The minimum Gasteiger partial charge on any atom is -0.366 e. The van der Waals surface area contributed by atoms with Gasteiger partial charge in [0.1, 0.15) is 4.11 Å². The first-order chi connectivity index (χ1) is 6.15. The van der Waals surface area contributed by atoms with E-state index in [9.17, 15) is 4.79 Å². The number of ether oxygens (including phenoxy) is 1. The number of carbonyl (C=O) groups is 1. The first kappa shape index (κ1) is 10.4. The summed E-state index contributed by atoms with van der Waals surface area (Å²) >= 11 is 2.07. The first-order valence-corrected chi connectivity index (χ1v) is 4.82. The molecule has 1 amide bonds. The maximum Gasteiger partial charge on any atom is 0.248 e. The van der Waals surface area contributed by atoms with Crippen molar-refractivity contribution in [2.75, 3.05) is 7.11 Å². The highest BCUT2D eigenvalue weighted by molar-refractivity contribution is 14.1. The van der Waals surface area contributed by atoms with Gasteiger partial charge < -0.3 is 10.5 Å². The number of nitrogens with zero attached hydrogens (tertiary/aromatic N) is 1. The molecule has 1 aromatic heterocycles. The van der Waals surface area contributed by atoms with Crippen molar-refractivity contribution < 1.29 is 9.53 Å². The van der Waals surface area contributed by atoms with Crippen LogP contribution in [0.25, 0.3) is 0 Å². The Balaban J connectivity index is 2.98. The number of carbonyl (C=O) groups excluding carboxylic acids is 1. The summed E-state index contributed by atoms with van der Waals surface area (Å²) in [6.07, 6.45) is 1.54. The standard InChI is InChI=1S/C8H9IN2O2/c1-13-7(9)6-4-5(8(10)12)2-3-11-6/h2-4,7H,1H3,(H2,10,12). The molecule has 0 bridgehead atoms. The second-order valence-corrected chi connectivity index (χ2v) is 3.52. The van der Waals surface area contributed by atoms with Gasteiger partial charge in [0.25, 0.3) is 0 Å². The molecule has 70 valence electrons. The van der Waals surface area contributed by atoms with Crippen LogP contribution in [0.15, 0.2) is 18.3 Å². The Kier molecular flexibility index (Phi) is 3.61. The van der Waals surface area contributed by atoms with Crippen LogP contribution in [-0.2, 0) is 4.74 Å². The Morgan fingerprint density at radius 3 is 3.00 bits per heavy atom. The van der Waals surface area contributed by atoms with Gasteiger partial charge in [-0.1, -0.05) is 0 Å². The van der Waals surface area contributed by atoms with E-state index in [1.165, 1.54) is 0 Å². The highest BCUT2D eigenvalue weighted by atomic mass is 127. The highest BCUT2D eigenvalue weighted by Gasteiger charge is 2.09. The molecule has 1 heterocycles. The molecule has 0 radical (unpaired) electrons. The number of methoxy groups -OCH3 is 1. The highest BCUT2D eigenvalue weighted by Crippen LogP contribution is 2.21. The zero-order valence-corrected chi connectivity index (χ0v) is 9.19. The molecule has 1 atom stereocenters. The summed E-state index contributed by atoms with van der Waals surface area (Å²) < 4.78 is 4.89. The molecule has 0 fully saturated rings. The van der Waals surface area contributed by atoms with Gasteiger partial charge in [-0.15, -0.1) is 0 Å². The minimum absolute atomic E-state index is 0.156. The number of halogens is 1. The van der Waals surface area contributed by atoms with E-state index in [4.69, 9.17) is 10.5 Å². The normalized spacial score (nSPS) is 12.5. The van der Waals surface area contributed by atoms with E-state index in [0.717, 1.165) is 0 Å². The van der Waals surface area contributed by atoms with Gasteiger partial charge in [-0.25, -0.2) is 0 Å². The third-order valence-corrected chi connectivity index (χ3v) is 2.65. The van der Waals surface area contributed by atoms with Crippen molar-refractivity contribution in [3.8, 4) is 0 Å². The zero-order chi connectivity index (χ0) is 9.84. The fraction of sp³-hybridized carbons (Fsp3) is 0.250. The van der Waals surface area contributed by atoms with Gasteiger partial charge in [0, 0.05) is 18.9 Å². The third-order valence-electron chi connectivity index (χ3n) is 1.51. The largest absolute Gasteiger partial charge is 0.366 e. The van der Waals surface area contributed by atoms with E-state index in [-0.39, 0.29) is 4.11 Å². The molecule has 0 aromatic carbocycles. The zero-order valence-electron chi connectivity index (χ0n) is 7.03. The predicted octanol–water partition coefficient (Wildman–Crippen LogP) is 1.26. The van der Waals surface area contributed by atoms with Crippen molar-refractivity contribution >= 4 is 28.5 Å². The number of rotatable bonds is 3. The molecule has 5 heteroatoms. The van der Waals surface area contributed by atoms with Crippen LogP contribution in [0.5, 0.6) is 0 Å². The number of amides is 1. The molecular formula is C8H9IN2O2. The SMILES string of the molecule is COC(I)c1cc(C(N)=O)ccn1. The lowest BCUT2D eigenvalue weighted by Crippen LogP contribution is -2.11. The van der Waals surface area contributed by atoms with Crippen molar-refractivity contribution in [2.45, 2.75) is 4.11 Å². The predicted molar refractivity (Wildman–Crippen MR) is 56.5 cm³/mol. The van der Waals surface area contributed by atoms with Crippen LogP contribution in [0.2, 0.25) is 0 Å². The first-order valence-electron chi connectivity index (χ1n) is 3.57. The molecule has 0 saturated carbocycles. The quantitative estimate of drug-likeness (QED) is 0.674. The monoisotopic (exact) mass is 292 g/mol. The smallest absolute Gasteiger partial charge is 0.248 e. The topological polar surface area (TPSA) is 65.2 Å². The molecule has 4 nitrogen and oxygen atoms in total. The molecule has 0 aliphatic carbocycles. The average Bonchev–Trinajstić information content (AvgIpc) is 2.17. The second-order valence-electron chi connectivity index (χ2n) is 2.39. The lowest BCUT2D eigenvalue weighted by molar-refractivity contribution is 0.1000. The maximum atomic E-state index is 10.8. The molecular weight excluding hydrogens is 283 g/mol. The number of nitrogens with two attached hydrogens (primary N) is 1. The van der Waals surface area contributed by atoms with E-state index in [1.54, 1.807) is 25.4 Å². The average molecular weight is 292 g/mol. The van der Waals surface area contributed by atoms with Gasteiger partial charge in [-0.2, -0.15) is 0 Å². The van der Waals surface area contributed by atoms with Crippen LogP contribution >= 0.6 is 22.6 Å². The molecule has 0 saturated heterocycles. The summed E-state index contributed by atoms with van der Waals surface area (Å²) in [4.78, 5) is 14.9. The molecule has 1 rings (SSSR count). The van der Waals surface area contributed by atoms with Gasteiger partial charge in [-0.3, -0.25) is 9.78 Å². The molecule has 13 heavy (non-hydrogen) atoms. The van der Waals surface area contributed by atoms with Gasteiger partial charge in [0.15, 0.2) is 0 Å². The van der Waals surface area contributed by atoms with Crippen molar-refractivity contribution in [3.63, 3.8) is 0 Å².